The molecular formula is C11H12N2O2. The van der Waals surface area contributed by atoms with Crippen molar-refractivity contribution in [3.8, 4) is 0 Å². The van der Waals surface area contributed by atoms with Crippen molar-refractivity contribution in [3.63, 3.8) is 0 Å². The van der Waals surface area contributed by atoms with Gasteiger partial charge in [-0.1, -0.05) is 0 Å². The second-order valence-corrected chi connectivity index (χ2v) is 4.09. The summed E-state index contributed by atoms with van der Waals surface area (Å²) in [5.74, 6) is -0.110. The number of benzene rings is 1. The second-order valence-electron chi connectivity index (χ2n) is 4.09. The van der Waals surface area contributed by atoms with Crippen LogP contribution in [0.25, 0.3) is 11.1 Å². The van der Waals surface area contributed by atoms with Gasteiger partial charge in [-0.05, 0) is 32.0 Å². The van der Waals surface area contributed by atoms with Crippen molar-refractivity contribution < 1.29 is 9.21 Å². The largest absolute Gasteiger partial charge is 0.443 e. The van der Waals surface area contributed by atoms with Gasteiger partial charge in [0.25, 0.3) is 0 Å². The van der Waals surface area contributed by atoms with Gasteiger partial charge in [-0.15, -0.1) is 0 Å². The van der Waals surface area contributed by atoms with Gasteiger partial charge in [-0.25, -0.2) is 4.98 Å². The number of Topliss-reactive ketones (excluding diaryl/α,β-unsaturated/α-hetero) is 1. The van der Waals surface area contributed by atoms with Gasteiger partial charge in [-0.2, -0.15) is 0 Å². The van der Waals surface area contributed by atoms with E-state index < -0.39 is 5.54 Å². The Balaban J connectivity index is 2.49. The first-order chi connectivity index (χ1) is 6.98. The zero-order valence-electron chi connectivity index (χ0n) is 8.65. The van der Waals surface area contributed by atoms with Crippen LogP contribution in [-0.4, -0.2) is 16.3 Å². The molecule has 0 amide bonds. The van der Waals surface area contributed by atoms with Gasteiger partial charge < -0.3 is 10.2 Å². The van der Waals surface area contributed by atoms with Gasteiger partial charge in [0, 0.05) is 5.56 Å². The lowest BCUT2D eigenvalue weighted by Crippen LogP contribution is -2.41. The Hall–Kier alpha value is -1.68. The van der Waals surface area contributed by atoms with Gasteiger partial charge in [0.1, 0.15) is 5.52 Å². The quantitative estimate of drug-likeness (QED) is 0.756. The predicted octanol–water partition coefficient (Wildman–Crippen LogP) is 1.75. The summed E-state index contributed by atoms with van der Waals surface area (Å²) in [7, 11) is 0. The Morgan fingerprint density at radius 1 is 1.47 bits per heavy atom. The van der Waals surface area contributed by atoms with E-state index in [0.29, 0.717) is 11.1 Å². The zero-order chi connectivity index (χ0) is 11.1. The van der Waals surface area contributed by atoms with Crippen LogP contribution in [0.5, 0.6) is 0 Å². The van der Waals surface area contributed by atoms with Crippen LogP contribution in [-0.2, 0) is 0 Å². The fourth-order valence-electron chi connectivity index (χ4n) is 1.37. The van der Waals surface area contributed by atoms with Gasteiger partial charge in [0.15, 0.2) is 17.8 Å². The first-order valence-corrected chi connectivity index (χ1v) is 4.65. The third-order valence-electron chi connectivity index (χ3n) is 2.18. The van der Waals surface area contributed by atoms with Crippen LogP contribution in [0.1, 0.15) is 24.2 Å². The van der Waals surface area contributed by atoms with E-state index in [0.717, 1.165) is 5.52 Å². The van der Waals surface area contributed by atoms with Crippen molar-refractivity contribution in [2.24, 2.45) is 5.73 Å². The van der Waals surface area contributed by atoms with Crippen LogP contribution in [0.3, 0.4) is 0 Å². The molecule has 0 spiro atoms. The highest BCUT2D eigenvalue weighted by atomic mass is 16.3. The minimum atomic E-state index is -0.867. The summed E-state index contributed by atoms with van der Waals surface area (Å²) in [4.78, 5) is 15.8. The number of ketones is 1. The van der Waals surface area contributed by atoms with Crippen molar-refractivity contribution in [2.75, 3.05) is 0 Å². The summed E-state index contributed by atoms with van der Waals surface area (Å²) in [6.07, 6.45) is 1.35. The molecule has 4 nitrogen and oxygen atoms in total. The van der Waals surface area contributed by atoms with Crippen LogP contribution in [0.2, 0.25) is 0 Å². The number of fused-ring (bicyclic) bond motifs is 1. The molecule has 78 valence electrons. The smallest absolute Gasteiger partial charge is 0.182 e. The van der Waals surface area contributed by atoms with E-state index in [-0.39, 0.29) is 5.78 Å². The molecule has 1 heterocycles. The summed E-state index contributed by atoms with van der Waals surface area (Å²) in [6.45, 7) is 3.36. The van der Waals surface area contributed by atoms with Crippen molar-refractivity contribution in [3.05, 3.63) is 30.2 Å². The third kappa shape index (κ3) is 1.76. The Morgan fingerprint density at radius 2 is 2.20 bits per heavy atom. The van der Waals surface area contributed by atoms with Crippen LogP contribution in [0.15, 0.2) is 29.0 Å². The van der Waals surface area contributed by atoms with Gasteiger partial charge in [0.05, 0.1) is 5.54 Å². The molecule has 0 fully saturated rings. The first kappa shape index (κ1) is 9.86. The lowest BCUT2D eigenvalue weighted by atomic mass is 9.94. The Labute approximate surface area is 87.1 Å². The maximum Gasteiger partial charge on any atom is 0.182 e. The lowest BCUT2D eigenvalue weighted by molar-refractivity contribution is 0.0913. The number of hydrogen-bond acceptors (Lipinski definition) is 4. The average Bonchev–Trinajstić information content (AvgIpc) is 2.61. The van der Waals surface area contributed by atoms with Crippen molar-refractivity contribution in [1.82, 2.24) is 4.98 Å². The summed E-state index contributed by atoms with van der Waals surface area (Å²) in [5.41, 5.74) is 6.75. The maximum absolute atomic E-state index is 11.8. The second kappa shape index (κ2) is 3.17. The number of nitrogens with two attached hydrogens (primary N) is 1. The molecule has 4 heteroatoms. The summed E-state index contributed by atoms with van der Waals surface area (Å²) < 4.78 is 5.12. The highest BCUT2D eigenvalue weighted by molar-refractivity contribution is 6.04. The lowest BCUT2D eigenvalue weighted by Gasteiger charge is -2.16. The number of hydrogen-bond donors (Lipinski definition) is 1. The first-order valence-electron chi connectivity index (χ1n) is 4.65. The maximum atomic E-state index is 11.8. The number of carbonyl (C=O) groups excluding carboxylic acids is 1. The number of nitrogens with zero attached hydrogens (tertiary/aromatic N) is 1. The molecule has 0 aliphatic carbocycles. The highest BCUT2D eigenvalue weighted by Crippen LogP contribution is 2.17. The van der Waals surface area contributed by atoms with E-state index in [1.54, 1.807) is 32.0 Å². The molecule has 0 aliphatic heterocycles. The van der Waals surface area contributed by atoms with Crippen molar-refractivity contribution >= 4 is 16.9 Å². The molecule has 0 unspecified atom stereocenters. The van der Waals surface area contributed by atoms with E-state index in [4.69, 9.17) is 10.2 Å². The molecule has 2 N–H and O–H groups in total. The van der Waals surface area contributed by atoms with E-state index in [9.17, 15) is 4.79 Å². The molecule has 15 heavy (non-hydrogen) atoms. The molecule has 0 bridgehead atoms. The molecule has 1 aromatic carbocycles. The van der Waals surface area contributed by atoms with Gasteiger partial charge >= 0.3 is 0 Å². The summed E-state index contributed by atoms with van der Waals surface area (Å²) in [5, 5.41) is 0. The summed E-state index contributed by atoms with van der Waals surface area (Å²) in [6, 6.07) is 5.12. The fourth-order valence-corrected chi connectivity index (χ4v) is 1.37. The van der Waals surface area contributed by atoms with Crippen molar-refractivity contribution in [2.45, 2.75) is 19.4 Å². The molecule has 0 saturated carbocycles. The van der Waals surface area contributed by atoms with Crippen LogP contribution < -0.4 is 5.73 Å². The molecule has 2 aromatic rings. The highest BCUT2D eigenvalue weighted by Gasteiger charge is 2.23. The predicted molar refractivity (Wildman–Crippen MR) is 56.6 cm³/mol. The average molecular weight is 204 g/mol. The topological polar surface area (TPSA) is 69.1 Å². The van der Waals surface area contributed by atoms with E-state index in [1.807, 2.05) is 0 Å². The van der Waals surface area contributed by atoms with Crippen molar-refractivity contribution in [1.29, 1.82) is 0 Å². The monoisotopic (exact) mass is 204 g/mol. The van der Waals surface area contributed by atoms with Crippen LogP contribution >= 0.6 is 0 Å². The SMILES string of the molecule is CC(C)(N)C(=O)c1ccc2ncoc2c1. The number of carbonyl (C=O) groups is 1. The zero-order valence-corrected chi connectivity index (χ0v) is 8.65. The molecule has 0 atom stereocenters. The molecule has 0 saturated heterocycles. The van der Waals surface area contributed by atoms with Crippen LogP contribution in [0, 0.1) is 0 Å². The normalized spacial score (nSPS) is 11.9. The fraction of sp³-hybridized carbons (Fsp3) is 0.273. The molecule has 0 radical (unpaired) electrons. The third-order valence-corrected chi connectivity index (χ3v) is 2.18. The standard InChI is InChI=1S/C11H12N2O2/c1-11(2,12)10(14)7-3-4-8-9(5-7)15-6-13-8/h3-6H,12H2,1-2H3. The Bertz CT molecular complexity index is 509. The number of oxazole rings is 1. The number of rotatable bonds is 2. The summed E-state index contributed by atoms with van der Waals surface area (Å²) >= 11 is 0. The van der Waals surface area contributed by atoms with E-state index in [1.165, 1.54) is 6.39 Å². The van der Waals surface area contributed by atoms with Gasteiger partial charge in [-0.3, -0.25) is 4.79 Å². The molecule has 2 rings (SSSR count). The van der Waals surface area contributed by atoms with E-state index >= 15 is 0 Å². The van der Waals surface area contributed by atoms with E-state index in [2.05, 4.69) is 4.98 Å². The van der Waals surface area contributed by atoms with Crippen LogP contribution in [0.4, 0.5) is 0 Å². The minimum absolute atomic E-state index is 0.110. The number of aromatic nitrogens is 1. The molecule has 0 aliphatic rings. The molecule has 1 aromatic heterocycles. The molecular weight excluding hydrogens is 192 g/mol. The minimum Gasteiger partial charge on any atom is -0.443 e. The van der Waals surface area contributed by atoms with Gasteiger partial charge in [0.2, 0.25) is 0 Å². The Kier molecular flexibility index (Phi) is 2.08. The Morgan fingerprint density at radius 3 is 2.87 bits per heavy atom.